The van der Waals surface area contributed by atoms with Crippen molar-refractivity contribution in [3.05, 3.63) is 296 Å². The number of pyridine rings is 1. The van der Waals surface area contributed by atoms with Gasteiger partial charge in [0.1, 0.15) is 28.5 Å². The molecule has 6 nitrogen and oxygen atoms in total. The fourth-order valence-corrected chi connectivity index (χ4v) is 14.8. The van der Waals surface area contributed by atoms with Crippen LogP contribution in [-0.2, 0) is 16.2 Å². The van der Waals surface area contributed by atoms with E-state index in [4.69, 9.17) is 22.4 Å². The Labute approximate surface area is 577 Å². The summed E-state index contributed by atoms with van der Waals surface area (Å²) in [4.78, 5) is 4.94. The molecule has 0 atom stereocenters. The zero-order valence-corrected chi connectivity index (χ0v) is 54.0. The van der Waals surface area contributed by atoms with Gasteiger partial charge >= 0.3 is 0 Å². The van der Waals surface area contributed by atoms with Crippen LogP contribution >= 0.6 is 0 Å². The molecule has 0 radical (unpaired) electrons. The summed E-state index contributed by atoms with van der Waals surface area (Å²) in [6.45, 7) is 15.8. The van der Waals surface area contributed by atoms with Crippen LogP contribution in [0.5, 0.6) is 11.5 Å². The zero-order valence-electron chi connectivity index (χ0n) is 67.0. The third-order valence-electron chi connectivity index (χ3n) is 19.8. The lowest BCUT2D eigenvalue weighted by Crippen LogP contribution is -2.34. The van der Waals surface area contributed by atoms with Gasteiger partial charge in [-0.3, -0.25) is 13.7 Å². The molecular weight excluding hydrogens is 1170 g/mol. The van der Waals surface area contributed by atoms with E-state index in [0.29, 0.717) is 33.8 Å². The molecule has 0 unspecified atom stereocenters. The zero-order chi connectivity index (χ0) is 76.1. The van der Waals surface area contributed by atoms with Crippen molar-refractivity contribution in [3.63, 3.8) is 0 Å². The third-order valence-corrected chi connectivity index (χ3v) is 19.8. The lowest BCUT2D eigenvalue weighted by Gasteiger charge is -2.42. The first-order valence-corrected chi connectivity index (χ1v) is 32.6. The highest BCUT2D eigenvalue weighted by atomic mass is 16.5. The van der Waals surface area contributed by atoms with Crippen LogP contribution in [0, 0.1) is 6.33 Å². The topological polar surface area (TPSA) is 49.0 Å². The average Bonchev–Trinajstić information content (AvgIpc) is 1.58. The number of hydrogen-bond acceptors (Lipinski definition) is 3. The first-order chi connectivity index (χ1) is 52.1. The molecule has 1 aliphatic heterocycles. The molecule has 96 heavy (non-hydrogen) atoms. The smallest absolute Gasteiger partial charge is 0.269 e. The van der Waals surface area contributed by atoms with Crippen LogP contribution < -0.4 is 9.30 Å². The largest absolute Gasteiger partial charge is 0.458 e. The van der Waals surface area contributed by atoms with Gasteiger partial charge in [0.15, 0.2) is 0 Å². The Morgan fingerprint density at radius 1 is 0.469 bits per heavy atom. The number of hydrogen-bond donors (Lipinski definition) is 0. The highest BCUT2D eigenvalue weighted by molar-refractivity contribution is 6.10. The first-order valence-electron chi connectivity index (χ1n) is 39.1. The number of para-hydroxylation sites is 3. The van der Waals surface area contributed by atoms with E-state index in [1.54, 1.807) is 0 Å². The van der Waals surface area contributed by atoms with E-state index < -0.39 is 101 Å². The summed E-state index contributed by atoms with van der Waals surface area (Å²) < 4.78 is 142. The fraction of sp³-hybridized carbons (Fsp3) is 0.133. The molecule has 12 aromatic carbocycles. The van der Waals surface area contributed by atoms with Crippen molar-refractivity contribution in [1.29, 1.82) is 0 Å². The van der Waals surface area contributed by atoms with E-state index in [1.165, 1.54) is 11.1 Å². The van der Waals surface area contributed by atoms with Gasteiger partial charge in [-0.05, 0) is 221 Å². The second-order valence-corrected chi connectivity index (χ2v) is 27.7. The molecule has 1 aliphatic carbocycles. The number of fused-ring (bicyclic) bond motifs is 14. The van der Waals surface area contributed by atoms with Crippen molar-refractivity contribution >= 4 is 54.8 Å². The molecule has 0 bridgehead atoms. The summed E-state index contributed by atoms with van der Waals surface area (Å²) in [7, 11) is 0. The van der Waals surface area contributed by atoms with E-state index in [0.717, 1.165) is 113 Å². The predicted molar refractivity (Wildman–Crippen MR) is 395 cm³/mol. The minimum atomic E-state index is -0.750. The van der Waals surface area contributed by atoms with Crippen molar-refractivity contribution in [2.45, 2.75) is 77.6 Å². The molecule has 18 rings (SSSR count). The summed E-state index contributed by atoms with van der Waals surface area (Å²) in [6, 6.07) is 54.1. The first kappa shape index (κ1) is 45.1. The molecule has 6 heteroatoms. The van der Waals surface area contributed by atoms with Gasteiger partial charge in [0.05, 0.1) is 51.3 Å². The third kappa shape index (κ3) is 9.36. The van der Waals surface area contributed by atoms with E-state index in [2.05, 4.69) is 155 Å². The van der Waals surface area contributed by atoms with Crippen LogP contribution in [0.15, 0.2) is 277 Å². The summed E-state index contributed by atoms with van der Waals surface area (Å²) in [5, 5.41) is 3.94. The molecule has 0 N–H and O–H groups in total. The van der Waals surface area contributed by atoms with E-state index in [1.807, 2.05) is 108 Å². The van der Waals surface area contributed by atoms with Gasteiger partial charge in [-0.1, -0.05) is 212 Å². The maximum Gasteiger partial charge on any atom is 0.269 e. The second kappa shape index (κ2) is 21.6. The standard InChI is InChI=1S/C90H70N4O2/c1-88(2,3)63-40-43-91-85(50-63)94-80-34-18-16-30-70(80)71-38-37-66(52-81(71)94)95-65-27-20-26-64(51-65)92-55-93-86-67(58-36-39-84-76(47-58)72-31-17-19-35-83(72)96-84)32-21-33-73(86)75-54-79-78(89(4,5)41-42-90(79,6)7)53-74(75)68-28-14-15-29-69(68)77-48-62(49-82(92)87(77)93)61-45-59(56-22-10-8-11-23-56)44-60(46-61)57-24-12-9-13-25-57/h8-40,43-54H,41-42H2,1-7H3/i8D,9D,10D,11D,12D,13D,22D,23D,24D,25D,44D,45D,46D. The number of nitrogens with zero attached hydrogens (tertiary/aromatic N) is 4. The van der Waals surface area contributed by atoms with Gasteiger partial charge in [-0.15, -0.1) is 0 Å². The van der Waals surface area contributed by atoms with E-state index in [-0.39, 0.29) is 27.4 Å². The molecule has 2 aliphatic rings. The van der Waals surface area contributed by atoms with Gasteiger partial charge in [0.25, 0.3) is 6.33 Å². The lowest BCUT2D eigenvalue weighted by atomic mass is 9.62. The monoisotopic (exact) mass is 1250 g/mol. The van der Waals surface area contributed by atoms with Crippen molar-refractivity contribution in [1.82, 2.24) is 14.1 Å². The van der Waals surface area contributed by atoms with Crippen LogP contribution in [0.4, 0.5) is 0 Å². The number of rotatable bonds is 8. The Balaban J connectivity index is 0.967. The number of aromatic nitrogens is 4. The molecule has 0 spiro atoms. The summed E-state index contributed by atoms with van der Waals surface area (Å²) >= 11 is 0. The fourth-order valence-electron chi connectivity index (χ4n) is 14.8. The molecule has 462 valence electrons. The van der Waals surface area contributed by atoms with Crippen molar-refractivity contribution in [2.75, 3.05) is 0 Å². The average molecular weight is 1250 g/mol. The molecule has 0 saturated carbocycles. The number of imidazole rings is 1. The van der Waals surface area contributed by atoms with Gasteiger partial charge < -0.3 is 9.15 Å². The van der Waals surface area contributed by atoms with Gasteiger partial charge in [-0.2, -0.15) is 0 Å². The van der Waals surface area contributed by atoms with Crippen LogP contribution in [0.3, 0.4) is 0 Å². The van der Waals surface area contributed by atoms with Crippen LogP contribution in [-0.4, -0.2) is 14.1 Å². The molecule has 5 heterocycles. The number of ether oxygens (including phenoxy) is 1. The lowest BCUT2D eigenvalue weighted by molar-refractivity contribution is -0.570. The van der Waals surface area contributed by atoms with Crippen molar-refractivity contribution < 1.29 is 31.5 Å². The van der Waals surface area contributed by atoms with Gasteiger partial charge in [-0.25, -0.2) is 4.98 Å². The summed E-state index contributed by atoms with van der Waals surface area (Å²) in [5.74, 6) is 1.77. The number of benzene rings is 12. The molecule has 4 aromatic heterocycles. The molecular formula is C90H70N4O2. The minimum absolute atomic E-state index is 0.150. The quantitative estimate of drug-likeness (QED) is 0.113. The van der Waals surface area contributed by atoms with Crippen LogP contribution in [0.25, 0.3) is 150 Å². The van der Waals surface area contributed by atoms with Crippen molar-refractivity contribution in [3.8, 4) is 107 Å². The Morgan fingerprint density at radius 2 is 1.07 bits per heavy atom. The maximum atomic E-state index is 10.6. The van der Waals surface area contributed by atoms with E-state index >= 15 is 0 Å². The second-order valence-electron chi connectivity index (χ2n) is 27.7. The molecule has 0 fully saturated rings. The normalized spacial score (nSPS) is 15.8. The Bertz CT molecular complexity index is 6540. The number of furan rings is 1. The van der Waals surface area contributed by atoms with Crippen LogP contribution in [0.1, 0.15) is 95.8 Å². The van der Waals surface area contributed by atoms with Gasteiger partial charge in [0.2, 0.25) is 0 Å². The highest BCUT2D eigenvalue weighted by Gasteiger charge is 2.39. The molecule has 0 saturated heterocycles. The Morgan fingerprint density at radius 3 is 1.80 bits per heavy atom. The predicted octanol–water partition coefficient (Wildman–Crippen LogP) is 23.5. The summed E-state index contributed by atoms with van der Waals surface area (Å²) in [6.07, 6.45) is 7.71. The Kier molecular flexibility index (Phi) is 10.1. The minimum Gasteiger partial charge on any atom is -0.458 e. The SMILES string of the molecule is [2H]c1c([2H])c([2H])c(-c2c([2H])c(-c3cc4c5c(c3)n(-c3cccc(Oc6ccc7c8ccccc8n(-c8cc(C(C)(C)C)ccn8)c7c6)c3)[c-][n+]5-c3c(-c5ccc6oc7ccccc7c6c5)cccc3-c3cc5c(cc3-c3ccccc3-4)C(C)(C)CCC5(C)C)c([2H])c(-c3c([2H])c([2H])c([2H])c([2H])c3[2H])c2[2H])c([2H])c1[2H]. The summed E-state index contributed by atoms with van der Waals surface area (Å²) in [5.41, 5.74) is 13.3. The molecule has 0 amide bonds. The van der Waals surface area contributed by atoms with E-state index in [9.17, 15) is 9.60 Å². The molecule has 16 aromatic rings. The van der Waals surface area contributed by atoms with Crippen LogP contribution in [0.2, 0.25) is 0 Å². The van der Waals surface area contributed by atoms with Gasteiger partial charge in [0, 0.05) is 33.8 Å². The maximum absolute atomic E-state index is 10.6. The van der Waals surface area contributed by atoms with Crippen molar-refractivity contribution in [2.24, 2.45) is 0 Å². The highest BCUT2D eigenvalue weighted by Crippen LogP contribution is 2.53. The Hall–Kier alpha value is -11.3.